The van der Waals surface area contributed by atoms with Crippen molar-refractivity contribution in [2.75, 3.05) is 25.7 Å². The molecule has 15 nitrogen and oxygen atoms in total. The number of fused-ring (bicyclic) bond motifs is 2. The van der Waals surface area contributed by atoms with Crippen molar-refractivity contribution in [1.29, 1.82) is 0 Å². The lowest BCUT2D eigenvalue weighted by Crippen LogP contribution is -1.93. The smallest absolute Gasteiger partial charge is 0.394 e. The quantitative estimate of drug-likeness (QED) is 0.118. The second-order valence-electron chi connectivity index (χ2n) is 7.37. The lowest BCUT2D eigenvalue weighted by Gasteiger charge is -1.98. The van der Waals surface area contributed by atoms with Crippen LogP contribution in [-0.2, 0) is 0 Å². The molecule has 5 N–H and O–H groups in total. The molecule has 0 atom stereocenters. The van der Waals surface area contributed by atoms with Crippen molar-refractivity contribution in [2.24, 2.45) is 0 Å². The summed E-state index contributed by atoms with van der Waals surface area (Å²) in [6, 6.07) is 6.07. The van der Waals surface area contributed by atoms with Crippen molar-refractivity contribution >= 4 is 44.9 Å². The first-order chi connectivity index (χ1) is 18.8. The van der Waals surface area contributed by atoms with Crippen molar-refractivity contribution < 1.29 is 46.4 Å². The maximum absolute atomic E-state index is 13.3. The first-order valence-electron chi connectivity index (χ1n) is 10.4. The van der Waals surface area contributed by atoms with Crippen molar-refractivity contribution in [1.82, 2.24) is 9.97 Å². The van der Waals surface area contributed by atoms with E-state index in [1.807, 2.05) is 0 Å². The fourth-order valence-corrected chi connectivity index (χ4v) is 2.94. The Hall–Kier alpha value is -5.81. The molecule has 0 radical (unpaired) electrons. The second-order valence-corrected chi connectivity index (χ2v) is 7.37. The lowest BCUT2D eigenvalue weighted by atomic mass is 10.2. The number of nitro groups is 2. The zero-order valence-electron chi connectivity index (χ0n) is 20.3. The van der Waals surface area contributed by atoms with Gasteiger partial charge in [0.2, 0.25) is 0 Å². The third-order valence-electron chi connectivity index (χ3n) is 4.71. The number of nitrogens with two attached hydrogens (primary N) is 2. The van der Waals surface area contributed by atoms with Crippen LogP contribution in [0.25, 0.3) is 22.2 Å². The Balaban J connectivity index is 0.000000167. The van der Waals surface area contributed by atoms with Gasteiger partial charge in [-0.05, 0) is 6.07 Å². The van der Waals surface area contributed by atoms with Gasteiger partial charge >= 0.3 is 12.2 Å². The van der Waals surface area contributed by atoms with Gasteiger partial charge in [0.05, 0.1) is 41.9 Å². The summed E-state index contributed by atoms with van der Waals surface area (Å²) < 4.78 is 58.1. The Morgan fingerprint density at radius 1 is 0.775 bits per heavy atom. The maximum atomic E-state index is 13.3. The van der Waals surface area contributed by atoms with E-state index in [2.05, 4.69) is 14.7 Å². The van der Waals surface area contributed by atoms with Crippen LogP contribution < -0.4 is 20.9 Å². The van der Waals surface area contributed by atoms with Gasteiger partial charge in [0, 0.05) is 23.9 Å². The Labute approximate surface area is 219 Å². The third-order valence-corrected chi connectivity index (χ3v) is 4.71. The van der Waals surface area contributed by atoms with Crippen LogP contribution in [0.1, 0.15) is 0 Å². The topological polar surface area (TPSA) is 229 Å². The Morgan fingerprint density at radius 2 is 1.23 bits per heavy atom. The van der Waals surface area contributed by atoms with Gasteiger partial charge in [-0.25, -0.2) is 13.2 Å². The van der Waals surface area contributed by atoms with Crippen molar-refractivity contribution in [3.05, 3.63) is 74.1 Å². The number of anilines is 2. The van der Waals surface area contributed by atoms with E-state index in [9.17, 15) is 33.4 Å². The molecule has 0 aliphatic carbocycles. The summed E-state index contributed by atoms with van der Waals surface area (Å²) in [6.45, 7) is 0. The van der Waals surface area contributed by atoms with Crippen LogP contribution in [0.3, 0.4) is 0 Å². The number of hydrogen-bond donors (Lipinski definition) is 3. The van der Waals surface area contributed by atoms with Crippen LogP contribution in [-0.4, -0.2) is 39.1 Å². The van der Waals surface area contributed by atoms with Gasteiger partial charge in [0.25, 0.3) is 11.4 Å². The number of nitro benzene ring substituents is 2. The Morgan fingerprint density at radius 3 is 1.70 bits per heavy atom. The van der Waals surface area contributed by atoms with Gasteiger partial charge in [-0.15, -0.1) is 0 Å². The third kappa shape index (κ3) is 6.36. The molecular formula is C22H17F3N6O9. The number of benzene rings is 3. The van der Waals surface area contributed by atoms with E-state index < -0.39 is 38.7 Å². The van der Waals surface area contributed by atoms with Crippen molar-refractivity contribution in [3.63, 3.8) is 0 Å². The number of ether oxygens (including phenoxy) is 2. The van der Waals surface area contributed by atoms with E-state index in [1.54, 1.807) is 0 Å². The largest absolute Gasteiger partial charge is 0.503 e. The predicted molar refractivity (Wildman–Crippen MR) is 131 cm³/mol. The van der Waals surface area contributed by atoms with Crippen LogP contribution in [0, 0.1) is 37.7 Å². The van der Waals surface area contributed by atoms with Crippen LogP contribution in [0.2, 0.25) is 0 Å². The van der Waals surface area contributed by atoms with E-state index in [-0.39, 0.29) is 40.2 Å². The predicted octanol–water partition coefficient (Wildman–Crippen LogP) is 4.46. The minimum atomic E-state index is -1.10. The summed E-state index contributed by atoms with van der Waals surface area (Å²) in [7, 11) is 2.70. The molecule has 2 aromatic heterocycles. The number of nitrogens with zero attached hydrogens (tertiary/aromatic N) is 4. The number of phenolic OH excluding ortho intramolecular Hbond substituents is 1. The average molecular weight is 566 g/mol. The average Bonchev–Trinajstić information content (AvgIpc) is 3.52. The fourth-order valence-electron chi connectivity index (χ4n) is 2.94. The second kappa shape index (κ2) is 11.7. The molecule has 0 aliphatic heterocycles. The van der Waals surface area contributed by atoms with E-state index >= 15 is 0 Å². The van der Waals surface area contributed by atoms with Crippen LogP contribution in [0.15, 0.2) is 45.2 Å². The number of halogens is 3. The molecule has 0 unspecified atom stereocenters. The first-order valence-corrected chi connectivity index (χ1v) is 10.4. The van der Waals surface area contributed by atoms with E-state index in [0.717, 1.165) is 18.2 Å². The van der Waals surface area contributed by atoms with E-state index in [1.165, 1.54) is 26.4 Å². The normalized spacial score (nSPS) is 10.3. The number of aromatic nitrogens is 2. The van der Waals surface area contributed by atoms with E-state index in [4.69, 9.17) is 30.1 Å². The summed E-state index contributed by atoms with van der Waals surface area (Å²) in [6.07, 6.45) is -0.108. The standard InChI is InChI=1S/C8H5FN2O4.C8H7FN2O2.C6H5FN2O3/c1-14-8-10-6-3-4(11(12)13)2-5(9)7(6)15-8;1-12-8-11-6-3-4(10)2-5(9)7(6)13-8;7-4-1-3(9(11)12)2-5(8)6(4)10/h2-3H,1H3;2-3H,10H2,1H3;1-2,10H,8H2. The molecule has 0 aliphatic rings. The van der Waals surface area contributed by atoms with E-state index in [0.29, 0.717) is 17.3 Å². The van der Waals surface area contributed by atoms with Gasteiger partial charge in [-0.3, -0.25) is 20.2 Å². The van der Waals surface area contributed by atoms with Gasteiger partial charge in [0.1, 0.15) is 11.0 Å². The number of nitrogen functional groups attached to an aromatic ring is 2. The number of aromatic hydroxyl groups is 1. The summed E-state index contributed by atoms with van der Waals surface area (Å²) in [5, 5.41) is 29.3. The van der Waals surface area contributed by atoms with Crippen molar-refractivity contribution in [2.45, 2.75) is 0 Å². The lowest BCUT2D eigenvalue weighted by molar-refractivity contribution is -0.385. The summed E-state index contributed by atoms with van der Waals surface area (Å²) >= 11 is 0. The summed E-state index contributed by atoms with van der Waals surface area (Å²) in [5.74, 6) is -3.23. The minimum absolute atomic E-state index is 0.0273. The molecule has 3 aromatic carbocycles. The van der Waals surface area contributed by atoms with Crippen LogP contribution in [0.5, 0.6) is 17.9 Å². The fraction of sp³-hybridized carbons (Fsp3) is 0.0909. The van der Waals surface area contributed by atoms with Crippen LogP contribution in [0.4, 0.5) is 35.9 Å². The molecule has 0 fully saturated rings. The molecule has 0 saturated heterocycles. The highest BCUT2D eigenvalue weighted by Crippen LogP contribution is 2.29. The van der Waals surface area contributed by atoms with Crippen molar-refractivity contribution in [3.8, 4) is 17.9 Å². The number of non-ortho nitro benzene ring substituents is 2. The molecular weight excluding hydrogens is 549 g/mol. The number of phenols is 1. The van der Waals surface area contributed by atoms with Gasteiger partial charge < -0.3 is 34.9 Å². The molecule has 2 heterocycles. The Kier molecular flexibility index (Phi) is 8.42. The zero-order valence-corrected chi connectivity index (χ0v) is 20.3. The first kappa shape index (κ1) is 28.8. The number of hydrogen-bond acceptors (Lipinski definition) is 13. The Bertz CT molecular complexity index is 1700. The molecule has 0 bridgehead atoms. The maximum Gasteiger partial charge on any atom is 0.394 e. The molecule has 210 valence electrons. The SMILES string of the molecule is COc1nc2cc(N)cc(F)c2o1.COc1nc2cc([N+](=O)[O-])cc(F)c2o1.Nc1cc([N+](=O)[O-])cc(F)c1O. The molecule has 0 spiro atoms. The monoisotopic (exact) mass is 566 g/mol. The minimum Gasteiger partial charge on any atom is -0.503 e. The van der Waals surface area contributed by atoms with Gasteiger partial charge in [0.15, 0.2) is 34.4 Å². The number of oxazole rings is 2. The molecule has 0 saturated carbocycles. The summed E-state index contributed by atoms with van der Waals surface area (Å²) in [4.78, 5) is 26.6. The zero-order chi connectivity index (χ0) is 29.7. The number of methoxy groups -OCH3 is 2. The van der Waals surface area contributed by atoms with Crippen LogP contribution >= 0.6 is 0 Å². The highest BCUT2D eigenvalue weighted by molar-refractivity contribution is 5.78. The van der Waals surface area contributed by atoms with Gasteiger partial charge in [-0.2, -0.15) is 9.97 Å². The summed E-state index contributed by atoms with van der Waals surface area (Å²) in [5.41, 5.74) is 9.89. The molecule has 5 aromatic rings. The molecule has 0 amide bonds. The highest BCUT2D eigenvalue weighted by atomic mass is 19.1. The number of rotatable bonds is 4. The molecule has 40 heavy (non-hydrogen) atoms. The van der Waals surface area contributed by atoms with Gasteiger partial charge in [-0.1, -0.05) is 0 Å². The molecule has 18 heteroatoms. The molecule has 5 rings (SSSR count). The highest BCUT2D eigenvalue weighted by Gasteiger charge is 2.17.